The van der Waals surface area contributed by atoms with Crippen molar-refractivity contribution in [2.75, 3.05) is 0 Å². The average Bonchev–Trinajstić information content (AvgIpc) is 2.45. The molecule has 0 saturated carbocycles. The van der Waals surface area contributed by atoms with E-state index >= 15 is 0 Å². The van der Waals surface area contributed by atoms with Crippen LogP contribution in [0.25, 0.3) is 12.2 Å². The minimum absolute atomic E-state index is 0.148. The first-order valence-electron chi connectivity index (χ1n) is 6.33. The average molecular weight is 302 g/mol. The normalized spacial score (nSPS) is 11.4. The van der Waals surface area contributed by atoms with Gasteiger partial charge in [-0.2, -0.15) is 0 Å². The number of phenols is 2. The van der Waals surface area contributed by atoms with Crippen LogP contribution < -0.4 is 0 Å². The van der Waals surface area contributed by atoms with Crippen molar-refractivity contribution in [3.63, 3.8) is 0 Å². The minimum atomic E-state index is -0.655. The van der Waals surface area contributed by atoms with E-state index in [1.807, 2.05) is 0 Å². The van der Waals surface area contributed by atoms with E-state index in [0.29, 0.717) is 0 Å². The zero-order valence-electron chi connectivity index (χ0n) is 11.3. The number of aromatic hydroxyl groups is 2. The first-order chi connectivity index (χ1) is 10.5. The number of halogens is 2. The minimum Gasteiger partial charge on any atom is -0.508 e. The van der Waals surface area contributed by atoms with Crippen LogP contribution in [0.4, 0.5) is 8.78 Å². The van der Waals surface area contributed by atoms with Gasteiger partial charge in [0.05, 0.1) is 0 Å². The Labute approximate surface area is 125 Å². The third kappa shape index (κ3) is 4.02. The lowest BCUT2D eigenvalue weighted by Crippen LogP contribution is -1.88. The Kier molecular flexibility index (Phi) is 4.68. The highest BCUT2D eigenvalue weighted by atomic mass is 19.1. The number of rotatable bonds is 4. The van der Waals surface area contributed by atoms with Crippen molar-refractivity contribution in [2.45, 2.75) is 0 Å². The van der Waals surface area contributed by atoms with Gasteiger partial charge in [0.1, 0.15) is 23.1 Å². The van der Waals surface area contributed by atoms with Gasteiger partial charge < -0.3 is 10.2 Å². The fourth-order valence-corrected chi connectivity index (χ4v) is 1.70. The molecule has 0 amide bonds. The molecule has 0 bridgehead atoms. The van der Waals surface area contributed by atoms with E-state index in [-0.39, 0.29) is 22.6 Å². The van der Waals surface area contributed by atoms with Crippen LogP contribution in [0, 0.1) is 11.6 Å². The Morgan fingerprint density at radius 2 is 1.23 bits per heavy atom. The summed E-state index contributed by atoms with van der Waals surface area (Å²) in [5, 5.41) is 18.2. The Morgan fingerprint density at radius 3 is 1.59 bits per heavy atom. The van der Waals surface area contributed by atoms with Crippen LogP contribution in [0.5, 0.6) is 11.5 Å². The molecule has 3 nitrogen and oxygen atoms in total. The zero-order chi connectivity index (χ0) is 16.1. The van der Waals surface area contributed by atoms with E-state index in [9.17, 15) is 13.6 Å². The lowest BCUT2D eigenvalue weighted by Gasteiger charge is -1.97. The monoisotopic (exact) mass is 302 g/mol. The van der Waals surface area contributed by atoms with E-state index in [4.69, 9.17) is 10.2 Å². The number of carbonyl (C=O) groups excluding carboxylic acids is 1. The summed E-state index contributed by atoms with van der Waals surface area (Å²) in [6.45, 7) is 0. The summed E-state index contributed by atoms with van der Waals surface area (Å²) >= 11 is 0. The molecule has 2 N–H and O–H groups in total. The quantitative estimate of drug-likeness (QED) is 0.847. The highest BCUT2D eigenvalue weighted by molar-refractivity contribution is 6.04. The predicted molar refractivity (Wildman–Crippen MR) is 79.2 cm³/mol. The topological polar surface area (TPSA) is 57.5 Å². The maximum atomic E-state index is 13.4. The molecule has 0 aliphatic carbocycles. The Balaban J connectivity index is 2.09. The summed E-state index contributed by atoms with van der Waals surface area (Å²) in [6.07, 6.45) is 4.78. The van der Waals surface area contributed by atoms with Crippen molar-refractivity contribution in [1.82, 2.24) is 0 Å². The number of carbonyl (C=O) groups is 1. The summed E-state index contributed by atoms with van der Waals surface area (Å²) in [4.78, 5) is 11.6. The van der Waals surface area contributed by atoms with Gasteiger partial charge in [-0.3, -0.25) is 4.79 Å². The van der Waals surface area contributed by atoms with Crippen molar-refractivity contribution in [3.05, 3.63) is 71.3 Å². The maximum absolute atomic E-state index is 13.4. The molecule has 0 atom stereocenters. The molecule has 0 unspecified atom stereocenters. The molecule has 0 aliphatic heterocycles. The zero-order valence-corrected chi connectivity index (χ0v) is 11.3. The molecule has 0 heterocycles. The van der Waals surface area contributed by atoms with Crippen molar-refractivity contribution >= 4 is 17.9 Å². The van der Waals surface area contributed by atoms with Gasteiger partial charge in [0.2, 0.25) is 0 Å². The number of benzene rings is 2. The third-order valence-corrected chi connectivity index (χ3v) is 2.82. The van der Waals surface area contributed by atoms with Crippen molar-refractivity contribution < 1.29 is 23.8 Å². The number of phenolic OH excluding ortho intramolecular Hbond substituents is 2. The summed E-state index contributed by atoms with van der Waals surface area (Å²) < 4.78 is 26.9. The van der Waals surface area contributed by atoms with Gasteiger partial charge in [-0.15, -0.1) is 0 Å². The Bertz CT molecular complexity index is 701. The van der Waals surface area contributed by atoms with E-state index in [0.717, 1.165) is 24.3 Å². The molecule has 0 radical (unpaired) electrons. The second-order valence-electron chi connectivity index (χ2n) is 4.48. The Morgan fingerprint density at radius 1 is 0.818 bits per heavy atom. The number of hydrogen-bond acceptors (Lipinski definition) is 3. The van der Waals surface area contributed by atoms with E-state index in [2.05, 4.69) is 0 Å². The van der Waals surface area contributed by atoms with Crippen LogP contribution >= 0.6 is 0 Å². The largest absolute Gasteiger partial charge is 0.508 e. The molecular weight excluding hydrogens is 290 g/mol. The summed E-state index contributed by atoms with van der Waals surface area (Å²) in [6, 6.07) is 7.14. The van der Waals surface area contributed by atoms with Crippen LogP contribution in [0.1, 0.15) is 11.1 Å². The van der Waals surface area contributed by atoms with E-state index < -0.39 is 17.4 Å². The lowest BCUT2D eigenvalue weighted by molar-refractivity contribution is -0.110. The van der Waals surface area contributed by atoms with Crippen LogP contribution in [0.2, 0.25) is 0 Å². The number of hydrogen-bond donors (Lipinski definition) is 2. The highest BCUT2D eigenvalue weighted by Gasteiger charge is 2.02. The van der Waals surface area contributed by atoms with Gasteiger partial charge in [0.25, 0.3) is 0 Å². The van der Waals surface area contributed by atoms with Crippen molar-refractivity contribution in [2.24, 2.45) is 0 Å². The fourth-order valence-electron chi connectivity index (χ4n) is 1.70. The first kappa shape index (κ1) is 15.4. The van der Waals surface area contributed by atoms with Gasteiger partial charge in [0, 0.05) is 23.3 Å². The summed E-state index contributed by atoms with van der Waals surface area (Å²) in [5.74, 6) is -2.18. The van der Waals surface area contributed by atoms with Gasteiger partial charge in [-0.25, -0.2) is 8.78 Å². The van der Waals surface area contributed by atoms with E-state index in [1.54, 1.807) is 0 Å². The van der Waals surface area contributed by atoms with Crippen LogP contribution in [-0.4, -0.2) is 16.0 Å². The van der Waals surface area contributed by atoms with Gasteiger partial charge in [-0.05, 0) is 48.6 Å². The Hall–Kier alpha value is -2.95. The molecule has 112 valence electrons. The SMILES string of the molecule is O=C(/C=C/c1ccc(O)cc1F)/C=C/c1ccc(O)cc1F. The predicted octanol–water partition coefficient (Wildman–Crippen LogP) is 3.67. The second-order valence-corrected chi connectivity index (χ2v) is 4.48. The number of allylic oxidation sites excluding steroid dienone is 2. The van der Waals surface area contributed by atoms with Crippen molar-refractivity contribution in [1.29, 1.82) is 0 Å². The van der Waals surface area contributed by atoms with Gasteiger partial charge in [0.15, 0.2) is 5.78 Å². The summed E-state index contributed by atoms with van der Waals surface area (Å²) in [7, 11) is 0. The van der Waals surface area contributed by atoms with Crippen LogP contribution in [0.3, 0.4) is 0 Å². The van der Waals surface area contributed by atoms with E-state index in [1.165, 1.54) is 36.4 Å². The summed E-state index contributed by atoms with van der Waals surface area (Å²) in [5.41, 5.74) is 0.297. The molecular formula is C17H12F2O3. The molecule has 0 fully saturated rings. The first-order valence-corrected chi connectivity index (χ1v) is 6.33. The number of ketones is 1. The van der Waals surface area contributed by atoms with Crippen LogP contribution in [-0.2, 0) is 4.79 Å². The maximum Gasteiger partial charge on any atom is 0.178 e. The van der Waals surface area contributed by atoms with Gasteiger partial charge >= 0.3 is 0 Å². The van der Waals surface area contributed by atoms with Crippen molar-refractivity contribution in [3.8, 4) is 11.5 Å². The molecule has 2 rings (SSSR count). The molecule has 22 heavy (non-hydrogen) atoms. The third-order valence-electron chi connectivity index (χ3n) is 2.82. The molecule has 0 spiro atoms. The molecule has 0 aliphatic rings. The molecule has 0 saturated heterocycles. The second kappa shape index (κ2) is 6.67. The standard InChI is InChI=1S/C17H12F2O3/c18-16-9-14(21)7-3-11(16)1-5-13(20)6-2-12-4-8-15(22)10-17(12)19/h1-10,21-22H/b5-1+,6-2+. The lowest BCUT2D eigenvalue weighted by atomic mass is 10.1. The van der Waals surface area contributed by atoms with Gasteiger partial charge in [-0.1, -0.05) is 0 Å². The smallest absolute Gasteiger partial charge is 0.178 e. The van der Waals surface area contributed by atoms with Crippen LogP contribution in [0.15, 0.2) is 48.6 Å². The molecule has 0 aromatic heterocycles. The molecule has 5 heteroatoms. The fraction of sp³-hybridized carbons (Fsp3) is 0. The molecule has 2 aromatic carbocycles. The molecule has 2 aromatic rings. The highest BCUT2D eigenvalue weighted by Crippen LogP contribution is 2.17.